The number of benzene rings is 1. The first-order valence-corrected chi connectivity index (χ1v) is 8.74. The molecule has 6 nitrogen and oxygen atoms in total. The van der Waals surface area contributed by atoms with Gasteiger partial charge in [-0.1, -0.05) is 6.07 Å². The molecule has 0 aliphatic heterocycles. The molecule has 0 bridgehead atoms. The summed E-state index contributed by atoms with van der Waals surface area (Å²) in [5, 5.41) is 22.1. The van der Waals surface area contributed by atoms with E-state index in [2.05, 4.69) is 33.5 Å². The molecule has 0 spiro atoms. The van der Waals surface area contributed by atoms with Crippen LogP contribution in [0.15, 0.2) is 35.3 Å². The summed E-state index contributed by atoms with van der Waals surface area (Å²) in [4.78, 5) is 14.6. The van der Waals surface area contributed by atoms with Crippen LogP contribution in [0, 0.1) is 24.2 Å². The van der Waals surface area contributed by atoms with Crippen molar-refractivity contribution >= 4 is 16.6 Å². The van der Waals surface area contributed by atoms with E-state index >= 15 is 0 Å². The average Bonchev–Trinajstić information content (AvgIpc) is 3.49. The molecule has 6 heteroatoms. The summed E-state index contributed by atoms with van der Waals surface area (Å²) in [7, 11) is 0. The highest BCUT2D eigenvalue weighted by Crippen LogP contribution is 2.36. The molecule has 1 aliphatic rings. The quantitative estimate of drug-likeness (QED) is 0.756. The molecule has 3 aromatic rings. The van der Waals surface area contributed by atoms with Crippen molar-refractivity contribution < 1.29 is 0 Å². The smallest absolute Gasteiger partial charge is 0.251 e. The Hall–Kier alpha value is -3.20. The Morgan fingerprint density at radius 1 is 1.31 bits per heavy atom. The van der Waals surface area contributed by atoms with Crippen molar-refractivity contribution in [3.63, 3.8) is 0 Å². The van der Waals surface area contributed by atoms with Crippen LogP contribution >= 0.6 is 0 Å². The number of H-pyrrole nitrogens is 1. The van der Waals surface area contributed by atoms with Crippen molar-refractivity contribution in [2.45, 2.75) is 32.7 Å². The number of hydrogen-bond donors (Lipinski definition) is 2. The van der Waals surface area contributed by atoms with Gasteiger partial charge in [0.2, 0.25) is 0 Å². The first kappa shape index (κ1) is 16.3. The summed E-state index contributed by atoms with van der Waals surface area (Å²) in [6.07, 6.45) is 4.08. The van der Waals surface area contributed by atoms with Gasteiger partial charge in [0.05, 0.1) is 11.2 Å². The highest BCUT2D eigenvalue weighted by molar-refractivity contribution is 5.95. The van der Waals surface area contributed by atoms with Gasteiger partial charge in [-0.2, -0.15) is 5.26 Å². The fourth-order valence-electron chi connectivity index (χ4n) is 3.31. The second kappa shape index (κ2) is 6.26. The van der Waals surface area contributed by atoms with Crippen molar-refractivity contribution in [3.8, 4) is 17.2 Å². The van der Waals surface area contributed by atoms with Gasteiger partial charge in [0.1, 0.15) is 6.07 Å². The summed E-state index contributed by atoms with van der Waals surface area (Å²) in [6.45, 7) is 3.94. The number of anilines is 1. The van der Waals surface area contributed by atoms with Crippen LogP contribution in [-0.4, -0.2) is 21.2 Å². The van der Waals surface area contributed by atoms with E-state index in [1.54, 1.807) is 13.1 Å². The van der Waals surface area contributed by atoms with Crippen LogP contribution in [-0.2, 0) is 0 Å². The third-order valence-electron chi connectivity index (χ3n) is 5.09. The van der Waals surface area contributed by atoms with Crippen molar-refractivity contribution in [1.82, 2.24) is 15.2 Å². The molecule has 2 aromatic heterocycles. The number of pyridine rings is 1. The van der Waals surface area contributed by atoms with Gasteiger partial charge in [0.25, 0.3) is 5.56 Å². The fourth-order valence-corrected chi connectivity index (χ4v) is 3.31. The lowest BCUT2D eigenvalue weighted by molar-refractivity contribution is 0.694. The van der Waals surface area contributed by atoms with Gasteiger partial charge < -0.3 is 10.3 Å². The predicted molar refractivity (Wildman–Crippen MR) is 101 cm³/mol. The van der Waals surface area contributed by atoms with Crippen LogP contribution < -0.4 is 10.9 Å². The van der Waals surface area contributed by atoms with Crippen LogP contribution in [0.25, 0.3) is 22.0 Å². The Morgan fingerprint density at radius 3 is 2.85 bits per heavy atom. The minimum absolute atomic E-state index is 0.103. The molecule has 4 rings (SSSR count). The number of nitriles is 1. The molecule has 2 N–H and O–H groups in total. The normalized spacial score (nSPS) is 14.8. The van der Waals surface area contributed by atoms with Crippen LogP contribution in [0.1, 0.15) is 31.0 Å². The molecule has 0 amide bonds. The molecule has 0 unspecified atom stereocenters. The van der Waals surface area contributed by atoms with Crippen molar-refractivity contribution in [2.24, 2.45) is 5.92 Å². The van der Waals surface area contributed by atoms with Gasteiger partial charge in [-0.05, 0) is 61.9 Å². The van der Waals surface area contributed by atoms with E-state index in [4.69, 9.17) is 0 Å². The van der Waals surface area contributed by atoms with Crippen molar-refractivity contribution in [2.75, 3.05) is 5.32 Å². The molecule has 130 valence electrons. The van der Waals surface area contributed by atoms with Gasteiger partial charge in [0, 0.05) is 23.2 Å². The molecule has 1 atom stereocenters. The fraction of sp³-hybridized carbons (Fsp3) is 0.300. The summed E-state index contributed by atoms with van der Waals surface area (Å²) in [5.74, 6) is 0.655. The van der Waals surface area contributed by atoms with Gasteiger partial charge in [-0.15, -0.1) is 10.2 Å². The lowest BCUT2D eigenvalue weighted by atomic mass is 10.00. The molecular formula is C20H19N5O. The maximum Gasteiger partial charge on any atom is 0.251 e. The van der Waals surface area contributed by atoms with Gasteiger partial charge in [0.15, 0.2) is 5.69 Å². The van der Waals surface area contributed by atoms with E-state index in [0.29, 0.717) is 28.7 Å². The standard InChI is InChI=1S/C20H19N5O/c1-11-15(7-8-22-20(11)26)14-5-6-16-17(9-14)24-25-18(10-21)19(16)23-12(2)13-3-4-13/h5-9,12-13H,3-4H2,1-2H3,(H,22,26)(H,23,24)/t12-/m1/s1. The highest BCUT2D eigenvalue weighted by atomic mass is 16.1. The molecule has 0 radical (unpaired) electrons. The summed E-state index contributed by atoms with van der Waals surface area (Å²) >= 11 is 0. The molecule has 1 aromatic carbocycles. The second-order valence-electron chi connectivity index (χ2n) is 6.88. The lowest BCUT2D eigenvalue weighted by Crippen LogP contribution is -2.19. The Balaban J connectivity index is 1.83. The Kier molecular flexibility index (Phi) is 3.92. The van der Waals surface area contributed by atoms with Crippen LogP contribution in [0.3, 0.4) is 0 Å². The lowest BCUT2D eigenvalue weighted by Gasteiger charge is -2.17. The molecule has 0 saturated heterocycles. The summed E-state index contributed by atoms with van der Waals surface area (Å²) in [6, 6.07) is 10.1. The Bertz CT molecular complexity index is 1090. The average molecular weight is 345 g/mol. The minimum Gasteiger partial charge on any atom is -0.379 e. The molecule has 1 aliphatic carbocycles. The number of aromatic nitrogens is 3. The van der Waals surface area contributed by atoms with E-state index in [-0.39, 0.29) is 5.56 Å². The van der Waals surface area contributed by atoms with Crippen LogP contribution in [0.4, 0.5) is 5.69 Å². The third-order valence-corrected chi connectivity index (χ3v) is 5.09. The Morgan fingerprint density at radius 2 is 2.12 bits per heavy atom. The predicted octanol–water partition coefficient (Wildman–Crippen LogP) is 3.38. The number of nitrogens with one attached hydrogen (secondary N) is 2. The van der Waals surface area contributed by atoms with E-state index in [9.17, 15) is 10.1 Å². The third kappa shape index (κ3) is 2.82. The van der Waals surface area contributed by atoms with E-state index in [0.717, 1.165) is 22.2 Å². The SMILES string of the molecule is Cc1c(-c2ccc3c(N[C@H](C)C4CC4)c(C#N)nnc3c2)cc[nH]c1=O. The minimum atomic E-state index is -0.103. The first-order chi connectivity index (χ1) is 12.6. The van der Waals surface area contributed by atoms with E-state index in [1.807, 2.05) is 24.3 Å². The topological polar surface area (TPSA) is 94.5 Å². The summed E-state index contributed by atoms with van der Waals surface area (Å²) in [5.41, 5.74) is 4.08. The molecule has 26 heavy (non-hydrogen) atoms. The van der Waals surface area contributed by atoms with Gasteiger partial charge in [-0.3, -0.25) is 4.79 Å². The van der Waals surface area contributed by atoms with Crippen molar-refractivity contribution in [1.29, 1.82) is 5.26 Å². The summed E-state index contributed by atoms with van der Waals surface area (Å²) < 4.78 is 0. The highest BCUT2D eigenvalue weighted by Gasteiger charge is 2.29. The Labute approximate surface area is 150 Å². The first-order valence-electron chi connectivity index (χ1n) is 8.74. The van der Waals surface area contributed by atoms with Gasteiger partial charge in [-0.25, -0.2) is 0 Å². The largest absolute Gasteiger partial charge is 0.379 e. The zero-order valence-electron chi connectivity index (χ0n) is 14.7. The number of rotatable bonds is 4. The maximum absolute atomic E-state index is 11.9. The zero-order valence-corrected chi connectivity index (χ0v) is 14.7. The van der Waals surface area contributed by atoms with E-state index in [1.165, 1.54) is 12.8 Å². The number of fused-ring (bicyclic) bond motifs is 1. The second-order valence-corrected chi connectivity index (χ2v) is 6.88. The maximum atomic E-state index is 11.9. The van der Waals surface area contributed by atoms with Crippen molar-refractivity contribution in [3.05, 3.63) is 52.1 Å². The molecule has 2 heterocycles. The molecule has 1 saturated carbocycles. The van der Waals surface area contributed by atoms with Gasteiger partial charge >= 0.3 is 0 Å². The van der Waals surface area contributed by atoms with Crippen LogP contribution in [0.2, 0.25) is 0 Å². The zero-order chi connectivity index (χ0) is 18.3. The van der Waals surface area contributed by atoms with E-state index < -0.39 is 0 Å². The molecular weight excluding hydrogens is 326 g/mol. The van der Waals surface area contributed by atoms with Crippen LogP contribution in [0.5, 0.6) is 0 Å². The molecule has 1 fully saturated rings. The monoisotopic (exact) mass is 345 g/mol. The number of aromatic amines is 1. The number of hydrogen-bond acceptors (Lipinski definition) is 5. The number of nitrogens with zero attached hydrogens (tertiary/aromatic N) is 3.